The third kappa shape index (κ3) is 6.23. The summed E-state index contributed by atoms with van der Waals surface area (Å²) in [5.41, 5.74) is 4.97. The number of hydrogen-bond acceptors (Lipinski definition) is 5. The Labute approximate surface area is 192 Å². The maximum absolute atomic E-state index is 12.4. The number of aliphatic carboxylic acids is 1. The number of carbonyl (C=O) groups excluding carboxylic acids is 2. The van der Waals surface area contributed by atoms with Gasteiger partial charge in [0.25, 0.3) is 0 Å². The molecular weight excluding hydrogens is 426 g/mol. The normalized spacial score (nSPS) is 21.8. The monoisotopic (exact) mass is 455 g/mol. The first kappa shape index (κ1) is 24.1. The number of nitrogens with zero attached hydrogens (tertiary/aromatic N) is 2. The quantitative estimate of drug-likeness (QED) is 0.649. The molecule has 2 fully saturated rings. The fourth-order valence-corrected chi connectivity index (χ4v) is 4.00. The Morgan fingerprint density at radius 3 is 2.09 bits per heavy atom. The van der Waals surface area contributed by atoms with Crippen molar-refractivity contribution in [2.45, 2.75) is 37.5 Å². The Morgan fingerprint density at radius 1 is 1.00 bits per heavy atom. The molecule has 9 nitrogen and oxygen atoms in total. The molecule has 2 aromatic rings. The van der Waals surface area contributed by atoms with Crippen LogP contribution in [0.15, 0.2) is 60.7 Å². The van der Waals surface area contributed by atoms with Gasteiger partial charge in [0, 0.05) is 19.5 Å². The number of hydrogen-bond donors (Lipinski definition) is 3. The van der Waals surface area contributed by atoms with E-state index in [1.165, 1.54) is 0 Å². The molecule has 0 bridgehead atoms. The summed E-state index contributed by atoms with van der Waals surface area (Å²) in [5.74, 6) is -1.16. The molecule has 2 heterocycles. The number of rotatable bonds is 4. The molecule has 2 saturated heterocycles. The average molecular weight is 456 g/mol. The second-order valence-electron chi connectivity index (χ2n) is 8.16. The zero-order valence-corrected chi connectivity index (χ0v) is 18.3. The minimum atomic E-state index is -1.41. The van der Waals surface area contributed by atoms with Crippen LogP contribution in [0.25, 0.3) is 0 Å². The number of primary amides is 1. The molecule has 2 aliphatic rings. The maximum atomic E-state index is 12.4. The van der Waals surface area contributed by atoms with Gasteiger partial charge in [-0.05, 0) is 24.0 Å². The molecule has 176 valence electrons. The summed E-state index contributed by atoms with van der Waals surface area (Å²) in [6.07, 6.45) is 1.40. The first-order chi connectivity index (χ1) is 15.8. The number of carbonyl (C=O) groups is 3. The van der Waals surface area contributed by atoms with Gasteiger partial charge in [0.05, 0.1) is 6.54 Å². The van der Waals surface area contributed by atoms with Crippen molar-refractivity contribution in [3.63, 3.8) is 0 Å². The summed E-state index contributed by atoms with van der Waals surface area (Å²) < 4.78 is 5.23. The van der Waals surface area contributed by atoms with Gasteiger partial charge in [-0.2, -0.15) is 0 Å². The Morgan fingerprint density at radius 2 is 1.58 bits per heavy atom. The van der Waals surface area contributed by atoms with Crippen molar-refractivity contribution in [1.29, 1.82) is 0 Å². The summed E-state index contributed by atoms with van der Waals surface area (Å²) in [6, 6.07) is 16.5. The first-order valence-corrected chi connectivity index (χ1v) is 10.8. The van der Waals surface area contributed by atoms with E-state index in [0.29, 0.717) is 5.56 Å². The van der Waals surface area contributed by atoms with Crippen molar-refractivity contribution >= 4 is 18.1 Å². The van der Waals surface area contributed by atoms with E-state index in [2.05, 4.69) is 0 Å². The molecule has 2 atom stereocenters. The number of amides is 3. The van der Waals surface area contributed by atoms with Crippen molar-refractivity contribution in [3.05, 3.63) is 71.8 Å². The van der Waals surface area contributed by atoms with Gasteiger partial charge < -0.3 is 25.6 Å². The third-order valence-corrected chi connectivity index (χ3v) is 5.79. The van der Waals surface area contributed by atoms with Crippen LogP contribution in [0.3, 0.4) is 0 Å². The van der Waals surface area contributed by atoms with E-state index in [1.54, 1.807) is 29.2 Å². The van der Waals surface area contributed by atoms with Crippen LogP contribution in [0.4, 0.5) is 9.59 Å². The van der Waals surface area contributed by atoms with Gasteiger partial charge in [0.1, 0.15) is 18.2 Å². The molecule has 4 N–H and O–H groups in total. The van der Waals surface area contributed by atoms with E-state index in [-0.39, 0.29) is 25.6 Å². The Balaban J connectivity index is 0.000000323. The van der Waals surface area contributed by atoms with Gasteiger partial charge in [0.2, 0.25) is 0 Å². The van der Waals surface area contributed by atoms with Gasteiger partial charge in [0.15, 0.2) is 0 Å². The van der Waals surface area contributed by atoms with Crippen LogP contribution < -0.4 is 5.73 Å². The molecule has 9 heteroatoms. The second kappa shape index (κ2) is 10.8. The number of aliphatic hydroxyl groups is 1. The van der Waals surface area contributed by atoms with E-state index in [1.807, 2.05) is 36.4 Å². The molecule has 0 saturated carbocycles. The fraction of sp³-hybridized carbons (Fsp3) is 0.375. The maximum Gasteiger partial charge on any atom is 0.410 e. The van der Waals surface area contributed by atoms with Crippen molar-refractivity contribution in [1.82, 2.24) is 9.80 Å². The number of nitrogens with two attached hydrogens (primary N) is 1. The van der Waals surface area contributed by atoms with Crippen LogP contribution in [0.5, 0.6) is 0 Å². The number of carboxylic acid groups (broad SMARTS) is 1. The van der Waals surface area contributed by atoms with Crippen LogP contribution in [-0.2, 0) is 21.7 Å². The highest BCUT2D eigenvalue weighted by Crippen LogP contribution is 2.36. The number of urea groups is 1. The lowest BCUT2D eigenvalue weighted by Gasteiger charge is -2.23. The highest BCUT2D eigenvalue weighted by atomic mass is 16.6. The molecule has 2 aromatic carbocycles. The number of benzene rings is 2. The Bertz CT molecular complexity index is 949. The summed E-state index contributed by atoms with van der Waals surface area (Å²) in [5, 5.41) is 20.3. The van der Waals surface area contributed by atoms with Crippen molar-refractivity contribution < 1.29 is 29.3 Å². The zero-order valence-electron chi connectivity index (χ0n) is 18.3. The minimum Gasteiger partial charge on any atom is -0.480 e. The molecule has 3 amide bonds. The second-order valence-corrected chi connectivity index (χ2v) is 8.16. The van der Waals surface area contributed by atoms with Crippen LogP contribution in [0.1, 0.15) is 30.4 Å². The molecular formula is C24H29N3O6. The average Bonchev–Trinajstić information content (AvgIpc) is 3.49. The molecule has 33 heavy (non-hydrogen) atoms. The lowest BCUT2D eigenvalue weighted by molar-refractivity contribution is -0.141. The lowest BCUT2D eigenvalue weighted by Crippen LogP contribution is -2.41. The summed E-state index contributed by atoms with van der Waals surface area (Å²) in [6.45, 7) is 1.64. The van der Waals surface area contributed by atoms with Gasteiger partial charge in [-0.15, -0.1) is 0 Å². The fourth-order valence-electron chi connectivity index (χ4n) is 4.00. The first-order valence-electron chi connectivity index (χ1n) is 10.8. The van der Waals surface area contributed by atoms with Gasteiger partial charge >= 0.3 is 18.1 Å². The molecule has 0 spiro atoms. The summed E-state index contributed by atoms with van der Waals surface area (Å²) in [4.78, 5) is 37.0. The Kier molecular flexibility index (Phi) is 7.89. The van der Waals surface area contributed by atoms with Crippen molar-refractivity contribution in [2.75, 3.05) is 19.6 Å². The number of ether oxygens (including phenoxy) is 1. The molecule has 0 aromatic heterocycles. The van der Waals surface area contributed by atoms with E-state index < -0.39 is 23.7 Å². The van der Waals surface area contributed by atoms with E-state index in [9.17, 15) is 24.6 Å². The van der Waals surface area contributed by atoms with Crippen LogP contribution in [0.2, 0.25) is 0 Å². The van der Waals surface area contributed by atoms with Crippen molar-refractivity contribution in [2.24, 2.45) is 5.73 Å². The molecule has 2 aliphatic heterocycles. The highest BCUT2D eigenvalue weighted by molar-refractivity contribution is 5.81. The number of likely N-dealkylation sites (tertiary alicyclic amines) is 2. The molecule has 0 radical (unpaired) electrons. The highest BCUT2D eigenvalue weighted by Gasteiger charge is 2.49. The standard InChI is InChI=1S/C19H19NO5.C5H10N2O/c21-17(22)16-11-19(24,15-9-5-2-6-10-15)13-20(16)18(23)25-12-14-7-3-1-4-8-14;6-5(8)7-3-1-2-4-7/h1-10,16,24H,11-13H2,(H,21,22);1-4H2,(H2,6,8)/t16-,19+;/m0./s1. The molecule has 0 aliphatic carbocycles. The smallest absolute Gasteiger partial charge is 0.410 e. The van der Waals surface area contributed by atoms with E-state index >= 15 is 0 Å². The van der Waals surface area contributed by atoms with E-state index in [0.717, 1.165) is 36.4 Å². The number of carboxylic acids is 1. The number of β-amino-alcohol motifs (C(OH)–C–C–N with tert-alkyl or cyclic N) is 1. The molecule has 0 unspecified atom stereocenters. The Hall–Kier alpha value is -3.59. The minimum absolute atomic E-state index is 0.0479. The van der Waals surface area contributed by atoms with Crippen LogP contribution in [-0.4, -0.2) is 63.8 Å². The predicted molar refractivity (Wildman–Crippen MR) is 120 cm³/mol. The zero-order chi connectivity index (χ0) is 23.8. The predicted octanol–water partition coefficient (Wildman–Crippen LogP) is 2.53. The van der Waals surface area contributed by atoms with Gasteiger partial charge in [-0.1, -0.05) is 60.7 Å². The third-order valence-electron chi connectivity index (χ3n) is 5.79. The summed E-state index contributed by atoms with van der Waals surface area (Å²) in [7, 11) is 0. The largest absolute Gasteiger partial charge is 0.480 e. The van der Waals surface area contributed by atoms with E-state index in [4.69, 9.17) is 10.5 Å². The lowest BCUT2D eigenvalue weighted by atomic mass is 9.91. The van der Waals surface area contributed by atoms with Gasteiger partial charge in [-0.3, -0.25) is 4.90 Å². The van der Waals surface area contributed by atoms with Crippen LogP contribution >= 0.6 is 0 Å². The summed E-state index contributed by atoms with van der Waals surface area (Å²) >= 11 is 0. The SMILES string of the molecule is NC(=O)N1CCCC1.O=C(O)[C@@H]1C[C@](O)(c2ccccc2)CN1C(=O)OCc1ccccc1. The van der Waals surface area contributed by atoms with Crippen molar-refractivity contribution in [3.8, 4) is 0 Å². The van der Waals surface area contributed by atoms with Gasteiger partial charge in [-0.25, -0.2) is 14.4 Å². The molecule has 4 rings (SSSR count). The van der Waals surface area contributed by atoms with Crippen LogP contribution in [0, 0.1) is 0 Å². The topological polar surface area (TPSA) is 133 Å².